The first-order valence-electron chi connectivity index (χ1n) is 9.88. The predicted octanol–water partition coefficient (Wildman–Crippen LogP) is 4.71. The van der Waals surface area contributed by atoms with Gasteiger partial charge in [0.15, 0.2) is 5.78 Å². The summed E-state index contributed by atoms with van der Waals surface area (Å²) in [5, 5.41) is 0. The molecule has 1 saturated carbocycles. The van der Waals surface area contributed by atoms with Gasteiger partial charge in [-0.15, -0.1) is 0 Å². The molecule has 0 radical (unpaired) electrons. The number of hydrogen-bond donors (Lipinski definition) is 0. The Bertz CT molecular complexity index is 1130. The van der Waals surface area contributed by atoms with E-state index >= 15 is 0 Å². The highest BCUT2D eigenvalue weighted by atomic mass is 16.5. The molecule has 29 heavy (non-hydrogen) atoms. The third kappa shape index (κ3) is 3.01. The topological polar surface area (TPSA) is 46.6 Å². The molecule has 2 aliphatic rings. The van der Waals surface area contributed by atoms with Gasteiger partial charge >= 0.3 is 0 Å². The van der Waals surface area contributed by atoms with Crippen molar-refractivity contribution in [3.8, 4) is 16.9 Å². The van der Waals surface area contributed by atoms with Crippen molar-refractivity contribution in [3.05, 3.63) is 89.0 Å². The Hall–Kier alpha value is -3.40. The lowest BCUT2D eigenvalue weighted by Gasteiger charge is -2.24. The van der Waals surface area contributed by atoms with Crippen LogP contribution in [0.5, 0.6) is 5.75 Å². The fourth-order valence-electron chi connectivity index (χ4n) is 4.10. The van der Waals surface area contributed by atoms with Crippen molar-refractivity contribution in [1.29, 1.82) is 0 Å². The molecule has 3 aromatic rings. The predicted molar refractivity (Wildman–Crippen MR) is 111 cm³/mol. The smallest absolute Gasteiger partial charge is 0.254 e. The molecule has 1 fully saturated rings. The Morgan fingerprint density at radius 3 is 2.38 bits per heavy atom. The average molecular weight is 383 g/mol. The summed E-state index contributed by atoms with van der Waals surface area (Å²) >= 11 is 0. The molecule has 0 aliphatic heterocycles. The first-order chi connectivity index (χ1) is 14.2. The number of rotatable bonds is 5. The summed E-state index contributed by atoms with van der Waals surface area (Å²) in [7, 11) is 1.64. The van der Waals surface area contributed by atoms with Crippen molar-refractivity contribution in [2.75, 3.05) is 7.11 Å². The van der Waals surface area contributed by atoms with E-state index in [2.05, 4.69) is 0 Å². The minimum Gasteiger partial charge on any atom is -0.496 e. The van der Waals surface area contributed by atoms with Crippen LogP contribution in [0.15, 0.2) is 66.7 Å². The number of ether oxygens (including phenoxy) is 1. The molecular formula is C25H21NO3. The standard InChI is InChI=1S/C25H21NO3/c1-29-23-9-5-2-6-17(23)15-26(18-11-12-18)25(28)16-10-13-20-19-7-3-4-8-21(19)24(27)22(20)14-16/h2-10,13-14,18H,11-12,15H2,1H3. The van der Waals surface area contributed by atoms with Crippen LogP contribution in [0.25, 0.3) is 11.1 Å². The summed E-state index contributed by atoms with van der Waals surface area (Å²) in [5.41, 5.74) is 4.72. The number of carbonyl (C=O) groups is 2. The second-order valence-electron chi connectivity index (χ2n) is 7.61. The minimum absolute atomic E-state index is 0.00653. The lowest BCUT2D eigenvalue weighted by Crippen LogP contribution is -2.32. The highest BCUT2D eigenvalue weighted by molar-refractivity contribution is 6.22. The molecule has 0 saturated heterocycles. The van der Waals surface area contributed by atoms with Gasteiger partial charge in [0.2, 0.25) is 0 Å². The van der Waals surface area contributed by atoms with Crippen LogP contribution < -0.4 is 4.74 Å². The van der Waals surface area contributed by atoms with Crippen LogP contribution in [0.1, 0.15) is 44.7 Å². The number of ketones is 1. The Morgan fingerprint density at radius 1 is 0.931 bits per heavy atom. The van der Waals surface area contributed by atoms with E-state index in [1.165, 1.54) is 0 Å². The van der Waals surface area contributed by atoms with E-state index in [0.717, 1.165) is 35.3 Å². The second-order valence-corrected chi connectivity index (χ2v) is 7.61. The highest BCUT2D eigenvalue weighted by Gasteiger charge is 2.34. The third-order valence-electron chi connectivity index (χ3n) is 5.75. The quantitative estimate of drug-likeness (QED) is 0.501. The van der Waals surface area contributed by atoms with Gasteiger partial charge in [-0.05, 0) is 42.2 Å². The molecule has 4 nitrogen and oxygen atoms in total. The summed E-state index contributed by atoms with van der Waals surface area (Å²) in [5.74, 6) is 0.739. The lowest BCUT2D eigenvalue weighted by atomic mass is 10.0. The van der Waals surface area contributed by atoms with E-state index in [-0.39, 0.29) is 17.7 Å². The van der Waals surface area contributed by atoms with Gasteiger partial charge in [0.25, 0.3) is 5.91 Å². The first kappa shape index (κ1) is 17.7. The van der Waals surface area contributed by atoms with Gasteiger partial charge < -0.3 is 9.64 Å². The van der Waals surface area contributed by atoms with Crippen LogP contribution in [0.2, 0.25) is 0 Å². The minimum atomic E-state index is -0.0371. The Balaban J connectivity index is 1.47. The molecule has 4 heteroatoms. The van der Waals surface area contributed by atoms with Crippen LogP contribution >= 0.6 is 0 Å². The fraction of sp³-hybridized carbons (Fsp3) is 0.200. The molecule has 0 N–H and O–H groups in total. The first-order valence-corrected chi connectivity index (χ1v) is 9.88. The van der Waals surface area contributed by atoms with Crippen LogP contribution in [-0.4, -0.2) is 29.7 Å². The molecule has 0 unspecified atom stereocenters. The summed E-state index contributed by atoms with van der Waals surface area (Å²) in [6, 6.07) is 21.1. The number of nitrogens with zero attached hydrogens (tertiary/aromatic N) is 1. The van der Waals surface area contributed by atoms with Crippen LogP contribution in [0, 0.1) is 0 Å². The summed E-state index contributed by atoms with van der Waals surface area (Å²) in [4.78, 5) is 28.1. The van der Waals surface area contributed by atoms with Crippen molar-refractivity contribution >= 4 is 11.7 Å². The average Bonchev–Trinajstić information content (AvgIpc) is 3.57. The van der Waals surface area contributed by atoms with Crippen LogP contribution in [0.4, 0.5) is 0 Å². The normalized spacial score (nSPS) is 14.3. The van der Waals surface area contributed by atoms with Crippen molar-refractivity contribution in [2.45, 2.75) is 25.4 Å². The Morgan fingerprint density at radius 2 is 1.62 bits per heavy atom. The molecule has 0 aromatic heterocycles. The molecule has 2 aliphatic carbocycles. The number of para-hydroxylation sites is 1. The third-order valence-corrected chi connectivity index (χ3v) is 5.75. The molecule has 5 rings (SSSR count). The van der Waals surface area contributed by atoms with Gasteiger partial charge in [-0.25, -0.2) is 0 Å². The van der Waals surface area contributed by atoms with Crippen molar-refractivity contribution in [3.63, 3.8) is 0 Å². The maximum absolute atomic E-state index is 13.4. The van der Waals surface area contributed by atoms with Gasteiger partial charge in [-0.1, -0.05) is 48.5 Å². The molecule has 0 bridgehead atoms. The zero-order valence-electron chi connectivity index (χ0n) is 16.2. The van der Waals surface area contributed by atoms with Gasteiger partial charge in [-0.3, -0.25) is 9.59 Å². The van der Waals surface area contributed by atoms with Crippen molar-refractivity contribution in [1.82, 2.24) is 4.90 Å². The lowest BCUT2D eigenvalue weighted by molar-refractivity contribution is 0.0729. The zero-order chi connectivity index (χ0) is 20.0. The number of carbonyl (C=O) groups excluding carboxylic acids is 2. The second kappa shape index (κ2) is 6.89. The monoisotopic (exact) mass is 383 g/mol. The number of amides is 1. The molecule has 0 heterocycles. The molecule has 3 aromatic carbocycles. The molecule has 0 spiro atoms. The molecular weight excluding hydrogens is 362 g/mol. The number of fused-ring (bicyclic) bond motifs is 3. The molecule has 144 valence electrons. The summed E-state index contributed by atoms with van der Waals surface area (Å²) in [6.07, 6.45) is 2.02. The zero-order valence-corrected chi connectivity index (χ0v) is 16.2. The maximum Gasteiger partial charge on any atom is 0.254 e. The van der Waals surface area contributed by atoms with Crippen LogP contribution in [-0.2, 0) is 6.54 Å². The van der Waals surface area contributed by atoms with E-state index in [1.54, 1.807) is 13.2 Å². The largest absolute Gasteiger partial charge is 0.496 e. The van der Waals surface area contributed by atoms with E-state index in [4.69, 9.17) is 4.74 Å². The van der Waals surface area contributed by atoms with E-state index in [1.807, 2.05) is 65.6 Å². The number of hydrogen-bond acceptors (Lipinski definition) is 3. The van der Waals surface area contributed by atoms with E-state index < -0.39 is 0 Å². The fourth-order valence-corrected chi connectivity index (χ4v) is 4.10. The van der Waals surface area contributed by atoms with Gasteiger partial charge in [0.1, 0.15) is 5.75 Å². The van der Waals surface area contributed by atoms with Crippen molar-refractivity contribution in [2.24, 2.45) is 0 Å². The maximum atomic E-state index is 13.4. The van der Waals surface area contributed by atoms with Gasteiger partial charge in [0, 0.05) is 34.8 Å². The number of methoxy groups -OCH3 is 1. The number of benzene rings is 3. The van der Waals surface area contributed by atoms with Crippen LogP contribution in [0.3, 0.4) is 0 Å². The summed E-state index contributed by atoms with van der Waals surface area (Å²) < 4.78 is 5.46. The van der Waals surface area contributed by atoms with E-state index in [0.29, 0.717) is 23.2 Å². The van der Waals surface area contributed by atoms with E-state index in [9.17, 15) is 9.59 Å². The molecule has 1 amide bonds. The van der Waals surface area contributed by atoms with Gasteiger partial charge in [0.05, 0.1) is 7.11 Å². The summed E-state index contributed by atoms with van der Waals surface area (Å²) in [6.45, 7) is 0.499. The van der Waals surface area contributed by atoms with Gasteiger partial charge in [-0.2, -0.15) is 0 Å². The Kier molecular flexibility index (Phi) is 4.20. The van der Waals surface area contributed by atoms with Crippen molar-refractivity contribution < 1.29 is 14.3 Å². The SMILES string of the molecule is COc1ccccc1CN(C(=O)c1ccc2c(c1)C(=O)c1ccccc1-2)C1CC1. The Labute approximate surface area is 169 Å². The highest BCUT2D eigenvalue weighted by Crippen LogP contribution is 2.38. The molecule has 0 atom stereocenters.